The third-order valence-corrected chi connectivity index (χ3v) is 5.32. The maximum absolute atomic E-state index is 12.7. The van der Waals surface area contributed by atoms with E-state index in [9.17, 15) is 4.79 Å². The first-order chi connectivity index (χ1) is 12.2. The van der Waals surface area contributed by atoms with E-state index < -0.39 is 0 Å². The average molecular weight is 360 g/mol. The lowest BCUT2D eigenvalue weighted by Crippen LogP contribution is -2.36. The molecule has 3 rings (SSSR count). The summed E-state index contributed by atoms with van der Waals surface area (Å²) in [6.07, 6.45) is 2.45. The fourth-order valence-electron chi connectivity index (χ4n) is 3.25. The third kappa shape index (κ3) is 4.14. The number of ether oxygens (including phenoxy) is 2. The van der Waals surface area contributed by atoms with Crippen molar-refractivity contribution in [3.05, 3.63) is 46.2 Å². The highest BCUT2D eigenvalue weighted by Gasteiger charge is 2.25. The van der Waals surface area contributed by atoms with Gasteiger partial charge in [0.1, 0.15) is 11.5 Å². The van der Waals surface area contributed by atoms with Crippen LogP contribution in [0.25, 0.3) is 0 Å². The second kappa shape index (κ2) is 8.36. The highest BCUT2D eigenvalue weighted by molar-refractivity contribution is 7.07. The van der Waals surface area contributed by atoms with Gasteiger partial charge in [-0.1, -0.05) is 0 Å². The monoisotopic (exact) mass is 360 g/mol. The Morgan fingerprint density at radius 1 is 1.24 bits per heavy atom. The number of hydrogen-bond donors (Lipinski definition) is 1. The average Bonchev–Trinajstić information content (AvgIpc) is 3.35. The summed E-state index contributed by atoms with van der Waals surface area (Å²) in [6.45, 7) is 2.76. The number of hydrogen-bond acceptors (Lipinski definition) is 5. The van der Waals surface area contributed by atoms with E-state index in [1.165, 1.54) is 18.4 Å². The van der Waals surface area contributed by atoms with Crippen LogP contribution in [0.1, 0.15) is 34.8 Å². The Kier molecular flexibility index (Phi) is 5.94. The van der Waals surface area contributed by atoms with E-state index in [0.29, 0.717) is 23.6 Å². The molecule has 2 aromatic rings. The topological polar surface area (TPSA) is 50.8 Å². The van der Waals surface area contributed by atoms with Crippen molar-refractivity contribution in [1.82, 2.24) is 10.2 Å². The predicted molar refractivity (Wildman–Crippen MR) is 99.7 cm³/mol. The quantitative estimate of drug-likeness (QED) is 0.823. The number of carbonyl (C=O) groups excluding carboxylic acids is 1. The standard InChI is InChI=1S/C19H24N2O3S/c1-23-15-5-6-16(18(11-15)24-2)19(22)20-12-17(14-7-10-25-13-14)21-8-3-4-9-21/h5-7,10-11,13,17H,3-4,8-9,12H2,1-2H3,(H,20,22). The number of benzene rings is 1. The van der Waals surface area contributed by atoms with Gasteiger partial charge in [-0.2, -0.15) is 11.3 Å². The van der Waals surface area contributed by atoms with Crippen molar-refractivity contribution in [2.24, 2.45) is 0 Å². The fraction of sp³-hybridized carbons (Fsp3) is 0.421. The summed E-state index contributed by atoms with van der Waals surface area (Å²) in [5.74, 6) is 1.06. The van der Waals surface area contributed by atoms with Crippen molar-refractivity contribution in [3.63, 3.8) is 0 Å². The number of amides is 1. The van der Waals surface area contributed by atoms with Gasteiger partial charge in [0.25, 0.3) is 5.91 Å². The van der Waals surface area contributed by atoms with E-state index in [2.05, 4.69) is 27.0 Å². The highest BCUT2D eigenvalue weighted by Crippen LogP contribution is 2.27. The number of rotatable bonds is 7. The molecular formula is C19H24N2O3S. The van der Waals surface area contributed by atoms with Crippen molar-refractivity contribution >= 4 is 17.2 Å². The summed E-state index contributed by atoms with van der Waals surface area (Å²) < 4.78 is 10.5. The normalized spacial score (nSPS) is 15.8. The molecule has 1 aromatic heterocycles. The van der Waals surface area contributed by atoms with E-state index in [1.54, 1.807) is 43.8 Å². The van der Waals surface area contributed by atoms with Crippen LogP contribution >= 0.6 is 11.3 Å². The summed E-state index contributed by atoms with van der Waals surface area (Å²) in [4.78, 5) is 15.1. The Hall–Kier alpha value is -2.05. The number of nitrogens with one attached hydrogen (secondary N) is 1. The van der Waals surface area contributed by atoms with Gasteiger partial charge in [-0.25, -0.2) is 0 Å². The van der Waals surface area contributed by atoms with Crippen molar-refractivity contribution in [3.8, 4) is 11.5 Å². The number of thiophene rings is 1. The van der Waals surface area contributed by atoms with Crippen LogP contribution in [0.15, 0.2) is 35.0 Å². The van der Waals surface area contributed by atoms with Crippen molar-refractivity contribution in [1.29, 1.82) is 0 Å². The van der Waals surface area contributed by atoms with E-state index in [0.717, 1.165) is 13.1 Å². The SMILES string of the molecule is COc1ccc(C(=O)NCC(c2ccsc2)N2CCCC2)c(OC)c1. The zero-order valence-corrected chi connectivity index (χ0v) is 15.5. The zero-order chi connectivity index (χ0) is 17.6. The maximum atomic E-state index is 12.7. The smallest absolute Gasteiger partial charge is 0.255 e. The number of likely N-dealkylation sites (tertiary alicyclic amines) is 1. The molecule has 5 nitrogen and oxygen atoms in total. The molecule has 0 saturated carbocycles. The molecule has 1 aliphatic heterocycles. The minimum Gasteiger partial charge on any atom is -0.497 e. The van der Waals surface area contributed by atoms with Crippen LogP contribution in [0, 0.1) is 0 Å². The molecule has 1 unspecified atom stereocenters. The lowest BCUT2D eigenvalue weighted by Gasteiger charge is -2.27. The van der Waals surface area contributed by atoms with Crippen molar-refractivity contribution in [2.75, 3.05) is 33.9 Å². The molecule has 0 spiro atoms. The maximum Gasteiger partial charge on any atom is 0.255 e. The van der Waals surface area contributed by atoms with Crippen LogP contribution in [0.3, 0.4) is 0 Å². The molecule has 134 valence electrons. The Morgan fingerprint density at radius 3 is 2.68 bits per heavy atom. The van der Waals surface area contributed by atoms with Crippen LogP contribution in [0.5, 0.6) is 11.5 Å². The van der Waals surface area contributed by atoms with E-state index >= 15 is 0 Å². The van der Waals surface area contributed by atoms with E-state index in [1.807, 2.05) is 0 Å². The lowest BCUT2D eigenvalue weighted by molar-refractivity contribution is 0.0935. The summed E-state index contributed by atoms with van der Waals surface area (Å²) >= 11 is 1.69. The van der Waals surface area contributed by atoms with Crippen LogP contribution in [-0.2, 0) is 0 Å². The number of methoxy groups -OCH3 is 2. The first-order valence-electron chi connectivity index (χ1n) is 8.49. The Morgan fingerprint density at radius 2 is 2.04 bits per heavy atom. The van der Waals surface area contributed by atoms with Crippen LogP contribution in [-0.4, -0.2) is 44.7 Å². The molecule has 1 saturated heterocycles. The second-order valence-corrected chi connectivity index (χ2v) is 6.87. The minimum absolute atomic E-state index is 0.126. The molecule has 1 amide bonds. The molecule has 25 heavy (non-hydrogen) atoms. The van der Waals surface area contributed by atoms with Gasteiger partial charge in [-0.05, 0) is 60.5 Å². The third-order valence-electron chi connectivity index (χ3n) is 4.62. The summed E-state index contributed by atoms with van der Waals surface area (Å²) in [6, 6.07) is 7.61. The van der Waals surface area contributed by atoms with Gasteiger partial charge in [-0.15, -0.1) is 0 Å². The molecule has 0 bridgehead atoms. The zero-order valence-electron chi connectivity index (χ0n) is 14.7. The largest absolute Gasteiger partial charge is 0.497 e. The molecule has 0 radical (unpaired) electrons. The van der Waals surface area contributed by atoms with Gasteiger partial charge in [-0.3, -0.25) is 9.69 Å². The predicted octanol–water partition coefficient (Wildman–Crippen LogP) is 3.33. The van der Waals surface area contributed by atoms with Gasteiger partial charge < -0.3 is 14.8 Å². The molecule has 1 aromatic carbocycles. The Bertz CT molecular complexity index is 697. The van der Waals surface area contributed by atoms with Gasteiger partial charge in [0.15, 0.2) is 0 Å². The molecule has 1 fully saturated rings. The van der Waals surface area contributed by atoms with Gasteiger partial charge >= 0.3 is 0 Å². The summed E-state index contributed by atoms with van der Waals surface area (Å²) in [7, 11) is 3.15. The van der Waals surface area contributed by atoms with Crippen LogP contribution < -0.4 is 14.8 Å². The molecule has 1 N–H and O–H groups in total. The number of nitrogens with zero attached hydrogens (tertiary/aromatic N) is 1. The molecule has 1 aliphatic rings. The summed E-state index contributed by atoms with van der Waals surface area (Å²) in [5, 5.41) is 7.34. The highest BCUT2D eigenvalue weighted by atomic mass is 32.1. The number of carbonyl (C=O) groups is 1. The van der Waals surface area contributed by atoms with E-state index in [-0.39, 0.29) is 11.9 Å². The van der Waals surface area contributed by atoms with Crippen LogP contribution in [0.4, 0.5) is 0 Å². The fourth-order valence-corrected chi connectivity index (χ4v) is 3.95. The first kappa shape index (κ1) is 17.8. The second-order valence-electron chi connectivity index (χ2n) is 6.09. The molecular weight excluding hydrogens is 336 g/mol. The van der Waals surface area contributed by atoms with Gasteiger partial charge in [0.05, 0.1) is 25.8 Å². The summed E-state index contributed by atoms with van der Waals surface area (Å²) in [5.41, 5.74) is 1.79. The van der Waals surface area contributed by atoms with E-state index in [4.69, 9.17) is 9.47 Å². The van der Waals surface area contributed by atoms with Crippen molar-refractivity contribution < 1.29 is 14.3 Å². The first-order valence-corrected chi connectivity index (χ1v) is 9.43. The molecule has 0 aliphatic carbocycles. The minimum atomic E-state index is -0.126. The Labute approximate surface area is 152 Å². The van der Waals surface area contributed by atoms with Gasteiger partial charge in [0.2, 0.25) is 0 Å². The Balaban J connectivity index is 1.71. The molecule has 6 heteroatoms. The molecule has 2 heterocycles. The van der Waals surface area contributed by atoms with Crippen molar-refractivity contribution in [2.45, 2.75) is 18.9 Å². The lowest BCUT2D eigenvalue weighted by atomic mass is 10.1. The van der Waals surface area contributed by atoms with Gasteiger partial charge in [0, 0.05) is 12.6 Å². The molecule has 1 atom stereocenters. The van der Waals surface area contributed by atoms with Crippen LogP contribution in [0.2, 0.25) is 0 Å².